The van der Waals surface area contributed by atoms with Gasteiger partial charge < -0.3 is 15.8 Å². The number of amides is 1. The fraction of sp³-hybridized carbons (Fsp3) is 0.720. The lowest BCUT2D eigenvalue weighted by Crippen LogP contribution is -2.11. The molecule has 1 rings (SSSR count). The molecule has 0 heterocycles. The Morgan fingerprint density at radius 1 is 0.828 bits per heavy atom. The van der Waals surface area contributed by atoms with Gasteiger partial charge in [0.15, 0.2) is 0 Å². The van der Waals surface area contributed by atoms with Crippen LogP contribution in [0, 0.1) is 0 Å². The number of nitrogens with two attached hydrogens (primary N) is 1. The number of unbranched alkanes of at least 4 members (excludes halogenated alkanes) is 14. The molecule has 1 aromatic carbocycles. The van der Waals surface area contributed by atoms with Gasteiger partial charge in [-0.1, -0.05) is 96.8 Å². The van der Waals surface area contributed by atoms with Gasteiger partial charge in [0.2, 0.25) is 5.91 Å². The molecule has 0 aromatic heterocycles. The molecule has 1 amide bonds. The smallest absolute Gasteiger partial charge is 0.224 e. The number of nitrogen functional groups attached to an aromatic ring is 1. The number of rotatable bonds is 18. The Balaban J connectivity index is 1.89. The molecular formula is C25H44N2O2. The van der Waals surface area contributed by atoms with Crippen LogP contribution in [0.3, 0.4) is 0 Å². The van der Waals surface area contributed by atoms with E-state index in [0.29, 0.717) is 17.9 Å². The van der Waals surface area contributed by atoms with E-state index in [1.165, 1.54) is 83.5 Å². The Hall–Kier alpha value is -1.71. The summed E-state index contributed by atoms with van der Waals surface area (Å²) in [7, 11) is 1.58. The second-order valence-corrected chi connectivity index (χ2v) is 8.20. The van der Waals surface area contributed by atoms with Crippen molar-refractivity contribution in [3.63, 3.8) is 0 Å². The lowest BCUT2D eigenvalue weighted by Gasteiger charge is -2.09. The lowest BCUT2D eigenvalue weighted by molar-refractivity contribution is -0.116. The van der Waals surface area contributed by atoms with Crippen molar-refractivity contribution in [3.05, 3.63) is 18.2 Å². The summed E-state index contributed by atoms with van der Waals surface area (Å²) in [5.41, 5.74) is 7.14. The van der Waals surface area contributed by atoms with E-state index < -0.39 is 0 Å². The first-order valence-corrected chi connectivity index (χ1v) is 11.9. The van der Waals surface area contributed by atoms with E-state index in [2.05, 4.69) is 12.2 Å². The molecule has 0 bridgehead atoms. The molecule has 1 aromatic rings. The molecule has 0 atom stereocenters. The largest absolute Gasteiger partial charge is 0.495 e. The van der Waals surface area contributed by atoms with Gasteiger partial charge in [0.25, 0.3) is 0 Å². The van der Waals surface area contributed by atoms with Crippen LogP contribution in [0.2, 0.25) is 0 Å². The number of hydrogen-bond donors (Lipinski definition) is 2. The maximum Gasteiger partial charge on any atom is 0.224 e. The van der Waals surface area contributed by atoms with Crippen molar-refractivity contribution >= 4 is 17.3 Å². The van der Waals surface area contributed by atoms with Gasteiger partial charge in [-0.25, -0.2) is 0 Å². The van der Waals surface area contributed by atoms with Crippen molar-refractivity contribution in [1.82, 2.24) is 0 Å². The minimum atomic E-state index is 0.0595. The molecule has 0 aliphatic rings. The molecule has 4 heteroatoms. The summed E-state index contributed by atoms with van der Waals surface area (Å²) in [5.74, 6) is 0.690. The predicted octanol–water partition coefficient (Wildman–Crippen LogP) is 7.48. The van der Waals surface area contributed by atoms with Crippen molar-refractivity contribution in [2.75, 3.05) is 18.2 Å². The number of benzene rings is 1. The molecule has 0 spiro atoms. The Morgan fingerprint density at radius 3 is 1.76 bits per heavy atom. The third-order valence-electron chi connectivity index (χ3n) is 5.52. The van der Waals surface area contributed by atoms with Crippen LogP contribution < -0.4 is 15.8 Å². The van der Waals surface area contributed by atoms with Crippen LogP contribution in [-0.2, 0) is 4.79 Å². The highest BCUT2D eigenvalue weighted by atomic mass is 16.5. The molecule has 0 radical (unpaired) electrons. The highest BCUT2D eigenvalue weighted by molar-refractivity contribution is 5.91. The van der Waals surface area contributed by atoms with Gasteiger partial charge in [-0.2, -0.15) is 0 Å². The van der Waals surface area contributed by atoms with Crippen molar-refractivity contribution in [2.45, 2.75) is 110 Å². The van der Waals surface area contributed by atoms with Gasteiger partial charge in [0.1, 0.15) is 5.75 Å². The van der Waals surface area contributed by atoms with Crippen molar-refractivity contribution in [2.24, 2.45) is 0 Å². The summed E-state index contributed by atoms with van der Waals surface area (Å²) in [4.78, 5) is 12.0. The van der Waals surface area contributed by atoms with E-state index in [-0.39, 0.29) is 5.91 Å². The molecule has 4 nitrogen and oxygen atoms in total. The molecule has 29 heavy (non-hydrogen) atoms. The molecular weight excluding hydrogens is 360 g/mol. The molecule has 0 fully saturated rings. The topological polar surface area (TPSA) is 64.3 Å². The van der Waals surface area contributed by atoms with Crippen LogP contribution in [0.15, 0.2) is 18.2 Å². The van der Waals surface area contributed by atoms with Gasteiger partial charge in [0.05, 0.1) is 12.8 Å². The zero-order valence-electron chi connectivity index (χ0n) is 18.9. The highest BCUT2D eigenvalue weighted by Crippen LogP contribution is 2.24. The van der Waals surface area contributed by atoms with Gasteiger partial charge in [-0.3, -0.25) is 4.79 Å². The predicted molar refractivity (Wildman–Crippen MR) is 126 cm³/mol. The van der Waals surface area contributed by atoms with E-state index in [0.717, 1.165) is 18.5 Å². The molecule has 0 unspecified atom stereocenters. The Morgan fingerprint density at radius 2 is 1.31 bits per heavy atom. The van der Waals surface area contributed by atoms with Gasteiger partial charge in [0, 0.05) is 12.1 Å². The Kier molecular flexibility index (Phi) is 15.0. The van der Waals surface area contributed by atoms with E-state index >= 15 is 0 Å². The fourth-order valence-corrected chi connectivity index (χ4v) is 3.69. The molecule has 3 N–H and O–H groups in total. The monoisotopic (exact) mass is 404 g/mol. The number of ether oxygens (including phenoxy) is 1. The summed E-state index contributed by atoms with van der Waals surface area (Å²) in [6.07, 6.45) is 20.6. The fourth-order valence-electron chi connectivity index (χ4n) is 3.69. The number of carbonyl (C=O) groups excluding carboxylic acids is 1. The third kappa shape index (κ3) is 13.2. The summed E-state index contributed by atoms with van der Waals surface area (Å²) in [5, 5.41) is 2.91. The normalized spacial score (nSPS) is 10.8. The maximum absolute atomic E-state index is 12.0. The summed E-state index contributed by atoms with van der Waals surface area (Å²) >= 11 is 0. The number of hydrogen-bond acceptors (Lipinski definition) is 3. The van der Waals surface area contributed by atoms with Crippen LogP contribution in [0.25, 0.3) is 0 Å². The minimum absolute atomic E-state index is 0.0595. The van der Waals surface area contributed by atoms with E-state index in [1.807, 2.05) is 6.07 Å². The standard InChI is InChI=1S/C25H44N2O2/c1-3-4-5-6-7-8-9-10-11-12-13-14-15-16-17-18-25(28)27-22-19-20-24(29-2)23(26)21-22/h19-21H,3-18,26H2,1-2H3,(H,27,28). The van der Waals surface area contributed by atoms with Crippen molar-refractivity contribution in [1.29, 1.82) is 0 Å². The van der Waals surface area contributed by atoms with E-state index in [1.54, 1.807) is 19.2 Å². The maximum atomic E-state index is 12.0. The minimum Gasteiger partial charge on any atom is -0.495 e. The van der Waals surface area contributed by atoms with Crippen LogP contribution in [0.5, 0.6) is 5.75 Å². The molecule has 166 valence electrons. The number of methoxy groups -OCH3 is 1. The average molecular weight is 405 g/mol. The summed E-state index contributed by atoms with van der Waals surface area (Å²) in [6, 6.07) is 5.33. The summed E-state index contributed by atoms with van der Waals surface area (Å²) in [6.45, 7) is 2.28. The second-order valence-electron chi connectivity index (χ2n) is 8.20. The Labute approximate surface area is 179 Å². The molecule has 0 saturated carbocycles. The lowest BCUT2D eigenvalue weighted by atomic mass is 10.0. The zero-order chi connectivity index (χ0) is 21.2. The van der Waals surface area contributed by atoms with Gasteiger partial charge >= 0.3 is 0 Å². The summed E-state index contributed by atoms with van der Waals surface area (Å²) < 4.78 is 5.13. The van der Waals surface area contributed by atoms with E-state index in [9.17, 15) is 4.79 Å². The van der Waals surface area contributed by atoms with E-state index in [4.69, 9.17) is 10.5 Å². The molecule has 0 aliphatic heterocycles. The average Bonchev–Trinajstić information content (AvgIpc) is 2.71. The van der Waals surface area contributed by atoms with Crippen LogP contribution in [0.1, 0.15) is 110 Å². The number of anilines is 2. The second kappa shape index (κ2) is 17.2. The first kappa shape index (κ1) is 25.3. The Bertz CT molecular complexity index is 546. The van der Waals surface area contributed by atoms with Crippen LogP contribution >= 0.6 is 0 Å². The van der Waals surface area contributed by atoms with Crippen molar-refractivity contribution in [3.8, 4) is 5.75 Å². The molecule has 0 aliphatic carbocycles. The first-order valence-electron chi connectivity index (χ1n) is 11.9. The number of carbonyl (C=O) groups is 1. The first-order chi connectivity index (χ1) is 14.2. The highest BCUT2D eigenvalue weighted by Gasteiger charge is 2.05. The number of nitrogens with one attached hydrogen (secondary N) is 1. The van der Waals surface area contributed by atoms with Gasteiger partial charge in [-0.15, -0.1) is 0 Å². The van der Waals surface area contributed by atoms with Crippen LogP contribution in [-0.4, -0.2) is 13.0 Å². The molecule has 0 saturated heterocycles. The van der Waals surface area contributed by atoms with Crippen molar-refractivity contribution < 1.29 is 9.53 Å². The SMILES string of the molecule is CCCCCCCCCCCCCCCCCC(=O)Nc1ccc(OC)c(N)c1. The third-order valence-corrected chi connectivity index (χ3v) is 5.52. The quantitative estimate of drug-likeness (QED) is 0.197. The van der Waals surface area contributed by atoms with Crippen LogP contribution in [0.4, 0.5) is 11.4 Å². The van der Waals surface area contributed by atoms with Gasteiger partial charge in [-0.05, 0) is 24.6 Å². The zero-order valence-corrected chi connectivity index (χ0v) is 18.9.